The number of ether oxygens (including phenoxy) is 1. The first-order valence-electron chi connectivity index (χ1n) is 11.8. The zero-order chi connectivity index (χ0) is 25.3. The number of amides is 4. The van der Waals surface area contributed by atoms with Gasteiger partial charge in [-0.2, -0.15) is 0 Å². The standard InChI is InChI=1S/C24H33N5O5S/c1-5-21(30)25-17-6-8-20(9-7-17)35(33)27-12-10-26(11-13-27)22(31)28-15-19-14-18(28)16-29(19)23(32)34-24(2,3)4/h5-9,18-19H,1,10-16H2,2-4H3,(H,25,30). The fourth-order valence-corrected chi connectivity index (χ4v) is 5.83. The second kappa shape index (κ2) is 9.98. The molecule has 10 nitrogen and oxygen atoms in total. The van der Waals surface area contributed by atoms with Gasteiger partial charge in [-0.1, -0.05) is 6.58 Å². The molecule has 35 heavy (non-hydrogen) atoms. The van der Waals surface area contributed by atoms with Crippen LogP contribution < -0.4 is 5.32 Å². The van der Waals surface area contributed by atoms with E-state index in [1.807, 2.05) is 30.0 Å². The number of carbonyl (C=O) groups excluding carboxylic acids is 3. The van der Waals surface area contributed by atoms with E-state index in [4.69, 9.17) is 4.74 Å². The van der Waals surface area contributed by atoms with Gasteiger partial charge in [-0.05, 0) is 57.5 Å². The molecule has 0 aliphatic carbocycles. The summed E-state index contributed by atoms with van der Waals surface area (Å²) in [6.45, 7) is 12.0. The molecule has 3 atom stereocenters. The quantitative estimate of drug-likeness (QED) is 0.635. The van der Waals surface area contributed by atoms with Crippen molar-refractivity contribution in [2.24, 2.45) is 0 Å². The number of piperazine rings is 2. The third-order valence-electron chi connectivity index (χ3n) is 6.37. The normalized spacial score (nSPS) is 23.2. The summed E-state index contributed by atoms with van der Waals surface area (Å²) >= 11 is 0. The summed E-state index contributed by atoms with van der Waals surface area (Å²) < 4.78 is 20.3. The van der Waals surface area contributed by atoms with E-state index in [2.05, 4.69) is 11.9 Å². The maximum absolute atomic E-state index is 13.2. The lowest BCUT2D eigenvalue weighted by atomic mass is 10.2. The Bertz CT molecular complexity index is 1020. The molecule has 3 saturated heterocycles. The Hall–Kier alpha value is -2.92. The van der Waals surface area contributed by atoms with Crippen LogP contribution in [0, 0.1) is 0 Å². The molecular weight excluding hydrogens is 470 g/mol. The van der Waals surface area contributed by atoms with Gasteiger partial charge in [0.2, 0.25) is 5.91 Å². The maximum Gasteiger partial charge on any atom is 0.410 e. The Kier molecular flexibility index (Phi) is 7.18. The van der Waals surface area contributed by atoms with Gasteiger partial charge in [0.1, 0.15) is 16.6 Å². The molecular formula is C24H33N5O5S. The van der Waals surface area contributed by atoms with Crippen LogP contribution in [-0.4, -0.2) is 98.2 Å². The lowest BCUT2D eigenvalue weighted by molar-refractivity contribution is -0.111. The fraction of sp³-hybridized carbons (Fsp3) is 0.542. The molecule has 3 unspecified atom stereocenters. The average molecular weight is 504 g/mol. The van der Waals surface area contributed by atoms with Crippen LogP contribution in [0.1, 0.15) is 27.2 Å². The van der Waals surface area contributed by atoms with E-state index < -0.39 is 16.6 Å². The number of urea groups is 1. The molecule has 4 amide bonds. The predicted octanol–water partition coefficient (Wildman–Crippen LogP) is 2.26. The number of benzene rings is 1. The van der Waals surface area contributed by atoms with Gasteiger partial charge < -0.3 is 24.8 Å². The minimum atomic E-state index is -1.35. The van der Waals surface area contributed by atoms with Crippen molar-refractivity contribution in [2.75, 3.05) is 44.6 Å². The molecule has 11 heteroatoms. The molecule has 0 radical (unpaired) electrons. The van der Waals surface area contributed by atoms with Crippen LogP contribution in [0.3, 0.4) is 0 Å². The van der Waals surface area contributed by atoms with Crippen LogP contribution in [0.2, 0.25) is 0 Å². The van der Waals surface area contributed by atoms with Crippen molar-refractivity contribution >= 4 is 34.7 Å². The first-order valence-corrected chi connectivity index (χ1v) is 12.9. The number of rotatable bonds is 4. The molecule has 3 fully saturated rings. The molecule has 0 spiro atoms. The van der Waals surface area contributed by atoms with E-state index >= 15 is 0 Å². The monoisotopic (exact) mass is 503 g/mol. The molecule has 0 aromatic heterocycles. The van der Waals surface area contributed by atoms with Crippen LogP contribution in [-0.2, 0) is 20.5 Å². The Morgan fingerprint density at radius 1 is 1.03 bits per heavy atom. The Morgan fingerprint density at radius 2 is 1.63 bits per heavy atom. The van der Waals surface area contributed by atoms with Crippen molar-refractivity contribution in [2.45, 2.75) is 49.8 Å². The van der Waals surface area contributed by atoms with E-state index in [0.717, 1.165) is 6.42 Å². The minimum Gasteiger partial charge on any atom is -0.444 e. The van der Waals surface area contributed by atoms with Gasteiger partial charge >= 0.3 is 12.1 Å². The molecule has 1 N–H and O–H groups in total. The van der Waals surface area contributed by atoms with Crippen LogP contribution >= 0.6 is 0 Å². The zero-order valence-corrected chi connectivity index (χ0v) is 21.3. The Morgan fingerprint density at radius 3 is 2.17 bits per heavy atom. The summed E-state index contributed by atoms with van der Waals surface area (Å²) in [7, 11) is -1.35. The fourth-order valence-electron chi connectivity index (χ4n) is 4.67. The van der Waals surface area contributed by atoms with Crippen LogP contribution in [0.5, 0.6) is 0 Å². The molecule has 3 aliphatic heterocycles. The number of hydrogen-bond acceptors (Lipinski definition) is 5. The summed E-state index contributed by atoms with van der Waals surface area (Å²) in [6.07, 6.45) is 1.65. The first-order chi connectivity index (χ1) is 16.6. The molecule has 4 rings (SSSR count). The summed E-state index contributed by atoms with van der Waals surface area (Å²) in [5.41, 5.74) is 0.0636. The van der Waals surface area contributed by atoms with Crippen molar-refractivity contribution in [1.29, 1.82) is 0 Å². The van der Waals surface area contributed by atoms with E-state index in [-0.39, 0.29) is 30.1 Å². The molecule has 1 aromatic rings. The Labute approximate surface area is 208 Å². The largest absolute Gasteiger partial charge is 0.444 e. The molecule has 0 saturated carbocycles. The van der Waals surface area contributed by atoms with E-state index in [1.54, 1.807) is 34.1 Å². The summed E-state index contributed by atoms with van der Waals surface area (Å²) in [5.74, 6) is -0.302. The van der Waals surface area contributed by atoms with Crippen molar-refractivity contribution in [3.63, 3.8) is 0 Å². The molecule has 3 heterocycles. The molecule has 2 bridgehead atoms. The Balaban J connectivity index is 1.27. The zero-order valence-electron chi connectivity index (χ0n) is 20.4. The highest BCUT2D eigenvalue weighted by Crippen LogP contribution is 2.33. The smallest absolute Gasteiger partial charge is 0.410 e. The van der Waals surface area contributed by atoms with Gasteiger partial charge in [-0.15, -0.1) is 0 Å². The highest BCUT2D eigenvalue weighted by Gasteiger charge is 2.49. The van der Waals surface area contributed by atoms with Crippen LogP contribution in [0.4, 0.5) is 15.3 Å². The van der Waals surface area contributed by atoms with Gasteiger partial charge in [-0.3, -0.25) is 4.79 Å². The molecule has 190 valence electrons. The number of likely N-dealkylation sites (tertiary alicyclic amines) is 2. The summed E-state index contributed by atoms with van der Waals surface area (Å²) in [5, 5.41) is 2.67. The average Bonchev–Trinajstić information content (AvgIpc) is 3.44. The van der Waals surface area contributed by atoms with E-state index in [0.29, 0.717) is 49.9 Å². The second-order valence-electron chi connectivity index (χ2n) is 9.99. The number of hydrogen-bond donors (Lipinski definition) is 1. The van der Waals surface area contributed by atoms with Crippen molar-refractivity contribution in [3.8, 4) is 0 Å². The van der Waals surface area contributed by atoms with Gasteiger partial charge in [0.15, 0.2) is 0 Å². The van der Waals surface area contributed by atoms with Crippen LogP contribution in [0.25, 0.3) is 0 Å². The first kappa shape index (κ1) is 25.2. The minimum absolute atomic E-state index is 0.00674. The predicted molar refractivity (Wildman–Crippen MR) is 132 cm³/mol. The lowest BCUT2D eigenvalue weighted by Gasteiger charge is -2.40. The number of carbonyl (C=O) groups is 3. The number of nitrogens with one attached hydrogen (secondary N) is 1. The summed E-state index contributed by atoms with van der Waals surface area (Å²) in [6, 6.07) is 6.84. The topological polar surface area (TPSA) is 102 Å². The number of nitrogens with zero attached hydrogens (tertiary/aromatic N) is 4. The van der Waals surface area contributed by atoms with Crippen LogP contribution in [0.15, 0.2) is 41.8 Å². The van der Waals surface area contributed by atoms with Gasteiger partial charge in [0.25, 0.3) is 0 Å². The summed E-state index contributed by atoms with van der Waals surface area (Å²) in [4.78, 5) is 43.1. The number of anilines is 1. The third kappa shape index (κ3) is 5.67. The molecule has 3 aliphatic rings. The highest BCUT2D eigenvalue weighted by molar-refractivity contribution is 7.82. The SMILES string of the molecule is C=CC(=O)Nc1ccc(S(=O)N2CCN(C(=O)N3CC4CC3CN4C(=O)OC(C)(C)C)CC2)cc1. The third-order valence-corrected chi connectivity index (χ3v) is 7.88. The van der Waals surface area contributed by atoms with Crippen molar-refractivity contribution < 1.29 is 23.3 Å². The van der Waals surface area contributed by atoms with Gasteiger partial charge in [0, 0.05) is 45.0 Å². The van der Waals surface area contributed by atoms with Gasteiger partial charge in [0.05, 0.1) is 17.0 Å². The number of fused-ring (bicyclic) bond motifs is 2. The van der Waals surface area contributed by atoms with E-state index in [1.165, 1.54) is 6.08 Å². The van der Waals surface area contributed by atoms with Crippen molar-refractivity contribution in [3.05, 3.63) is 36.9 Å². The van der Waals surface area contributed by atoms with E-state index in [9.17, 15) is 18.6 Å². The highest BCUT2D eigenvalue weighted by atomic mass is 32.2. The molecule has 1 aromatic carbocycles. The maximum atomic E-state index is 13.2. The van der Waals surface area contributed by atoms with Gasteiger partial charge in [-0.25, -0.2) is 18.1 Å². The lowest BCUT2D eigenvalue weighted by Crippen LogP contribution is -2.57. The second-order valence-corrected chi connectivity index (χ2v) is 11.5. The van der Waals surface area contributed by atoms with Crippen molar-refractivity contribution in [1.82, 2.24) is 19.0 Å².